The van der Waals surface area contributed by atoms with Crippen molar-refractivity contribution in [1.82, 2.24) is 20.1 Å². The van der Waals surface area contributed by atoms with Gasteiger partial charge in [0.1, 0.15) is 35.1 Å². The number of nitrogens with one attached hydrogen (secondary N) is 4. The highest BCUT2D eigenvalue weighted by Gasteiger charge is 2.32. The third kappa shape index (κ3) is 18.8. The molecule has 0 heterocycles. The van der Waals surface area contributed by atoms with E-state index in [9.17, 15) is 36.6 Å². The van der Waals surface area contributed by atoms with E-state index in [1.807, 2.05) is 41.5 Å². The number of unbranched alkanes of at least 4 members (excludes halogenated alkanes) is 2. The molecule has 0 fully saturated rings. The van der Waals surface area contributed by atoms with Gasteiger partial charge in [-0.25, -0.2) is 16.8 Å². The van der Waals surface area contributed by atoms with E-state index in [-0.39, 0.29) is 68.0 Å². The van der Waals surface area contributed by atoms with Crippen molar-refractivity contribution in [3.05, 3.63) is 175 Å². The van der Waals surface area contributed by atoms with Crippen molar-refractivity contribution < 1.29 is 46.1 Å². The number of carbonyl (C=O) groups excluding carboxylic acids is 2. The molecule has 0 radical (unpaired) electrons. The number of amides is 2. The molecule has 0 saturated heterocycles. The second kappa shape index (κ2) is 29.3. The number of ether oxygens (including phenoxy) is 2. The van der Waals surface area contributed by atoms with E-state index in [1.165, 1.54) is 24.3 Å². The summed E-state index contributed by atoms with van der Waals surface area (Å²) in [6, 6.07) is 28.3. The molecule has 2 amide bonds. The average Bonchev–Trinajstić information content (AvgIpc) is 0.780. The maximum Gasteiger partial charge on any atom is 0.241 e. The maximum absolute atomic E-state index is 13.7. The summed E-state index contributed by atoms with van der Waals surface area (Å²) in [6.07, 6.45) is 3.50. The number of benzene rings is 6. The Morgan fingerprint density at radius 3 is 0.913 bits per heavy atom. The molecule has 14 nitrogen and oxygen atoms in total. The topological polar surface area (TPSA) is 209 Å². The summed E-state index contributed by atoms with van der Waals surface area (Å²) in [5.74, 6) is 0.240. The first kappa shape index (κ1) is 72.7. The molecule has 0 aliphatic heterocycles. The van der Waals surface area contributed by atoms with Gasteiger partial charge in [-0.1, -0.05) is 195 Å². The van der Waals surface area contributed by atoms with E-state index in [2.05, 4.69) is 152 Å². The number of aromatic hydroxyl groups is 2. The molecule has 1 aliphatic carbocycles. The van der Waals surface area contributed by atoms with E-state index in [0.29, 0.717) is 76.0 Å². The predicted octanol–water partition coefficient (Wildman–Crippen LogP) is 14.1. The lowest BCUT2D eigenvalue weighted by Gasteiger charge is -2.28. The number of phenols is 2. The van der Waals surface area contributed by atoms with Crippen LogP contribution in [-0.4, -0.2) is 77.2 Å². The average molecular weight is 1300 g/mol. The van der Waals surface area contributed by atoms with Crippen molar-refractivity contribution >= 4 is 31.9 Å². The molecule has 7 rings (SSSR count). The Balaban J connectivity index is 1.24. The van der Waals surface area contributed by atoms with Gasteiger partial charge < -0.3 is 30.3 Å². The van der Waals surface area contributed by atoms with Gasteiger partial charge in [-0.2, -0.15) is 9.44 Å². The standard InChI is InChI=1S/C76H104N4O10S2/c1-47(2)65(79-91(85,86)63-27-23-49(5)24-28-63)71(83)77-31-19-21-33-89-69-55-35-51-39-59(73(7,8)9)41-53(67(51)81)37-57-45-62(76(16,17)18)46-58(38-54-42-60(74(10,11)12)40-52(68(54)82)36-56(69)44-61(43-55)75(13,14)15)70(57)90-34-22-20-32-78-72(84)66(48(3)4)80-92(87,88)64-29-25-50(6)26-30-64/h23-30,39-48,65-66,79-82H,19-22,31-38H2,1-18H3,(H,77,83)(H,78,84)/t65-,66-/m1/s1. The number of rotatable bonds is 22. The minimum absolute atomic E-state index is 0.0947. The van der Waals surface area contributed by atoms with E-state index < -0.39 is 43.9 Å². The van der Waals surface area contributed by atoms with Crippen molar-refractivity contribution in [3.63, 3.8) is 0 Å². The molecule has 6 aromatic rings. The Morgan fingerprint density at radius 2 is 0.674 bits per heavy atom. The summed E-state index contributed by atoms with van der Waals surface area (Å²) in [5.41, 5.74) is 11.3. The fourth-order valence-corrected chi connectivity index (χ4v) is 14.0. The number of carbonyl (C=O) groups is 2. The molecule has 16 heteroatoms. The van der Waals surface area contributed by atoms with Crippen LogP contribution < -0.4 is 29.6 Å². The van der Waals surface area contributed by atoms with Crippen molar-refractivity contribution in [2.24, 2.45) is 11.8 Å². The highest BCUT2D eigenvalue weighted by molar-refractivity contribution is 7.89. The lowest BCUT2D eigenvalue weighted by atomic mass is 9.79. The van der Waals surface area contributed by atoms with E-state index in [0.717, 1.165) is 77.9 Å². The van der Waals surface area contributed by atoms with E-state index >= 15 is 0 Å². The first-order valence-corrected chi connectivity index (χ1v) is 35.7. The summed E-state index contributed by atoms with van der Waals surface area (Å²) in [5, 5.41) is 31.7. The number of aryl methyl sites for hydroxylation is 2. The summed E-state index contributed by atoms with van der Waals surface area (Å²) in [7, 11) is -7.92. The van der Waals surface area contributed by atoms with E-state index in [1.54, 1.807) is 24.3 Å². The summed E-state index contributed by atoms with van der Waals surface area (Å²) in [4.78, 5) is 27.5. The van der Waals surface area contributed by atoms with Crippen LogP contribution in [0.25, 0.3) is 0 Å². The van der Waals surface area contributed by atoms with Crippen molar-refractivity contribution in [2.45, 2.75) is 220 Å². The maximum atomic E-state index is 13.7. The molecule has 2 atom stereocenters. The molecule has 0 spiro atoms. The van der Waals surface area contributed by atoms with Crippen LogP contribution in [0.3, 0.4) is 0 Å². The van der Waals surface area contributed by atoms with Gasteiger partial charge >= 0.3 is 0 Å². The second-order valence-electron chi connectivity index (χ2n) is 30.2. The first-order chi connectivity index (χ1) is 42.7. The minimum Gasteiger partial charge on any atom is -0.507 e. The molecule has 0 saturated carbocycles. The molecular formula is C76H104N4O10S2. The van der Waals surface area contributed by atoms with Crippen LogP contribution in [0, 0.1) is 25.7 Å². The molecule has 1 aliphatic rings. The molecule has 0 aromatic heterocycles. The number of sulfonamides is 2. The fraction of sp³-hybridized carbons (Fsp3) is 0.500. The Hall–Kier alpha value is -6.72. The third-order valence-corrected chi connectivity index (χ3v) is 20.3. The highest BCUT2D eigenvalue weighted by Crippen LogP contribution is 2.44. The summed E-state index contributed by atoms with van der Waals surface area (Å²) >= 11 is 0. The normalized spacial score (nSPS) is 14.0. The molecule has 6 N–H and O–H groups in total. The monoisotopic (exact) mass is 1300 g/mol. The predicted molar refractivity (Wildman–Crippen MR) is 371 cm³/mol. The molecule has 92 heavy (non-hydrogen) atoms. The van der Waals surface area contributed by atoms with Crippen LogP contribution in [0.2, 0.25) is 0 Å². The van der Waals surface area contributed by atoms with Gasteiger partial charge in [-0.15, -0.1) is 0 Å². The molecule has 0 unspecified atom stereocenters. The van der Waals surface area contributed by atoms with Crippen LogP contribution >= 0.6 is 0 Å². The zero-order valence-electron chi connectivity index (χ0n) is 58.0. The Morgan fingerprint density at radius 1 is 0.424 bits per heavy atom. The number of fused-ring (bicyclic) bond motifs is 8. The second-order valence-corrected chi connectivity index (χ2v) is 33.7. The van der Waals surface area contributed by atoms with Gasteiger partial charge in [-0.05, 0) is 164 Å². The molecule has 6 aromatic carbocycles. The van der Waals surface area contributed by atoms with Gasteiger partial charge in [0.25, 0.3) is 0 Å². The Kier molecular flexibility index (Phi) is 23.1. The summed E-state index contributed by atoms with van der Waals surface area (Å²) in [6.45, 7) is 38.3. The minimum atomic E-state index is -3.96. The SMILES string of the molecule is Cc1ccc(S(=O)(=O)N[C@@H](C(=O)NCCCCOc2c3cc(C(C)(C)C)cc2Cc2cc(C(C)(C)C)cc(c2O)Cc2cc(C(C)(C)C)cc(c2OCCCCNC(=O)[C@H](NS(=O)(=O)c2ccc(C)cc2)C(C)C)Cc2cc(C(C)(C)C)cc(c2O)C3)C(C)C)cc1. The lowest BCUT2D eigenvalue weighted by Crippen LogP contribution is -2.49. The zero-order chi connectivity index (χ0) is 68.1. The molecule has 500 valence electrons. The smallest absolute Gasteiger partial charge is 0.241 e. The van der Waals surface area contributed by atoms with Crippen molar-refractivity contribution in [1.29, 1.82) is 0 Å². The van der Waals surface area contributed by atoms with Crippen LogP contribution in [0.4, 0.5) is 0 Å². The quantitative estimate of drug-likeness (QED) is 0.0354. The zero-order valence-corrected chi connectivity index (χ0v) is 59.6. The third-order valence-electron chi connectivity index (χ3n) is 17.4. The van der Waals surface area contributed by atoms with Gasteiger partial charge in [-0.3, -0.25) is 9.59 Å². The van der Waals surface area contributed by atoms with Gasteiger partial charge in [0.2, 0.25) is 31.9 Å². The molecule has 8 bridgehead atoms. The number of hydrogen-bond donors (Lipinski definition) is 6. The van der Waals surface area contributed by atoms with Crippen LogP contribution in [0.5, 0.6) is 23.0 Å². The highest BCUT2D eigenvalue weighted by atomic mass is 32.2. The Labute approximate surface area is 550 Å². The van der Waals surface area contributed by atoms with Crippen LogP contribution in [0.15, 0.2) is 107 Å². The van der Waals surface area contributed by atoms with Crippen LogP contribution in [0.1, 0.15) is 214 Å². The Bertz CT molecular complexity index is 3480. The van der Waals surface area contributed by atoms with E-state index in [4.69, 9.17) is 9.47 Å². The van der Waals surface area contributed by atoms with Gasteiger partial charge in [0.15, 0.2) is 0 Å². The lowest BCUT2D eigenvalue weighted by molar-refractivity contribution is -0.124. The first-order valence-electron chi connectivity index (χ1n) is 32.8. The van der Waals surface area contributed by atoms with Gasteiger partial charge in [0.05, 0.1) is 23.0 Å². The largest absolute Gasteiger partial charge is 0.507 e. The van der Waals surface area contributed by atoms with Gasteiger partial charge in [0, 0.05) is 38.8 Å². The van der Waals surface area contributed by atoms with Crippen molar-refractivity contribution in [3.8, 4) is 23.0 Å². The van der Waals surface area contributed by atoms with Crippen LogP contribution in [-0.2, 0) is 77.0 Å². The number of hydrogen-bond acceptors (Lipinski definition) is 10. The fourth-order valence-electron chi connectivity index (χ4n) is 11.4. The molecular weight excluding hydrogens is 1190 g/mol. The summed E-state index contributed by atoms with van der Waals surface area (Å²) < 4.78 is 72.8. The number of phenolic OH excluding ortho intramolecular Hbond substituents is 2. The van der Waals surface area contributed by atoms with Crippen molar-refractivity contribution in [2.75, 3.05) is 26.3 Å².